The van der Waals surface area contributed by atoms with Crippen LogP contribution in [0.2, 0.25) is 0 Å². The first-order chi connectivity index (χ1) is 13.8. The van der Waals surface area contributed by atoms with E-state index in [1.54, 1.807) is 4.68 Å². The summed E-state index contributed by atoms with van der Waals surface area (Å²) in [5.41, 5.74) is 2.46. The van der Waals surface area contributed by atoms with E-state index in [2.05, 4.69) is 25.9 Å². The predicted octanol–water partition coefficient (Wildman–Crippen LogP) is 2.92. The van der Waals surface area contributed by atoms with Crippen LogP contribution in [0.1, 0.15) is 11.5 Å². The average Bonchev–Trinajstić information content (AvgIpc) is 3.41. The van der Waals surface area contributed by atoms with Gasteiger partial charge >= 0.3 is 6.03 Å². The van der Waals surface area contributed by atoms with Crippen molar-refractivity contribution in [3.05, 3.63) is 84.6 Å². The molecule has 2 heterocycles. The summed E-state index contributed by atoms with van der Waals surface area (Å²) in [6.07, 6.45) is 1.46. The van der Waals surface area contributed by atoms with Gasteiger partial charge in [0.1, 0.15) is 12.0 Å². The number of para-hydroxylation sites is 1. The van der Waals surface area contributed by atoms with Crippen molar-refractivity contribution in [3.63, 3.8) is 0 Å². The van der Waals surface area contributed by atoms with Crippen molar-refractivity contribution in [2.24, 2.45) is 0 Å². The normalized spacial score (nSPS) is 10.6. The molecule has 2 N–H and O–H groups in total. The van der Waals surface area contributed by atoms with Crippen LogP contribution in [-0.2, 0) is 13.1 Å². The van der Waals surface area contributed by atoms with Crippen LogP contribution in [0.25, 0.3) is 17.0 Å². The summed E-state index contributed by atoms with van der Waals surface area (Å²) in [6.45, 7) is 0.502. The number of hydrogen-bond donors (Lipinski definition) is 2. The molecule has 0 saturated carbocycles. The highest BCUT2D eigenvalue weighted by Crippen LogP contribution is 2.19. The number of aromatic nitrogens is 4. The molecule has 4 aromatic rings. The molecule has 0 bridgehead atoms. The zero-order valence-electron chi connectivity index (χ0n) is 14.9. The standard InChI is InChI=1S/C20H18N6O2/c27-20(21-12-16-11-18(28-25-16)15-7-3-1-4-8-15)22-13-19-23-14-24-26(19)17-9-5-2-6-10-17/h1-11,14H,12-13H2,(H2,21,22,27). The lowest BCUT2D eigenvalue weighted by Crippen LogP contribution is -2.35. The molecule has 4 rings (SSSR count). The monoisotopic (exact) mass is 374 g/mol. The number of rotatable bonds is 6. The Morgan fingerprint density at radius 3 is 2.46 bits per heavy atom. The lowest BCUT2D eigenvalue weighted by Gasteiger charge is -2.08. The summed E-state index contributed by atoms with van der Waals surface area (Å²) in [5.74, 6) is 1.29. The van der Waals surface area contributed by atoms with Gasteiger partial charge in [0.05, 0.1) is 18.8 Å². The van der Waals surface area contributed by atoms with Gasteiger partial charge in [0.25, 0.3) is 0 Å². The van der Waals surface area contributed by atoms with Crippen LogP contribution < -0.4 is 10.6 Å². The molecule has 0 atom stereocenters. The lowest BCUT2D eigenvalue weighted by atomic mass is 10.2. The highest BCUT2D eigenvalue weighted by molar-refractivity contribution is 5.73. The molecule has 0 radical (unpaired) electrons. The maximum atomic E-state index is 12.1. The van der Waals surface area contributed by atoms with Crippen LogP contribution in [0.4, 0.5) is 4.79 Å². The molecular formula is C20H18N6O2. The molecular weight excluding hydrogens is 356 g/mol. The molecule has 0 aliphatic heterocycles. The number of carbonyl (C=O) groups excluding carboxylic acids is 1. The summed E-state index contributed by atoms with van der Waals surface area (Å²) in [4.78, 5) is 16.3. The number of hydrogen-bond acceptors (Lipinski definition) is 5. The Hall–Kier alpha value is -3.94. The summed E-state index contributed by atoms with van der Waals surface area (Å²) >= 11 is 0. The second-order valence-electron chi connectivity index (χ2n) is 6.01. The fraction of sp³-hybridized carbons (Fsp3) is 0.100. The Labute approximate surface area is 161 Å². The van der Waals surface area contributed by atoms with Crippen LogP contribution in [0.15, 0.2) is 77.6 Å². The SMILES string of the molecule is O=C(NCc1cc(-c2ccccc2)on1)NCc1ncnn1-c1ccccc1. The topological polar surface area (TPSA) is 97.9 Å². The zero-order valence-corrected chi connectivity index (χ0v) is 14.9. The van der Waals surface area contributed by atoms with E-state index < -0.39 is 0 Å². The van der Waals surface area contributed by atoms with E-state index in [0.717, 1.165) is 11.3 Å². The quantitative estimate of drug-likeness (QED) is 0.541. The molecule has 8 nitrogen and oxygen atoms in total. The molecule has 0 spiro atoms. The Kier molecular flexibility index (Phi) is 5.10. The Morgan fingerprint density at radius 1 is 0.964 bits per heavy atom. The van der Waals surface area contributed by atoms with Gasteiger partial charge in [0.15, 0.2) is 11.6 Å². The van der Waals surface area contributed by atoms with Crippen molar-refractivity contribution in [1.82, 2.24) is 30.6 Å². The number of urea groups is 1. The van der Waals surface area contributed by atoms with Gasteiger partial charge in [0.2, 0.25) is 0 Å². The summed E-state index contributed by atoms with van der Waals surface area (Å²) < 4.78 is 7.01. The first-order valence-corrected chi connectivity index (χ1v) is 8.76. The van der Waals surface area contributed by atoms with Gasteiger partial charge in [-0.2, -0.15) is 5.10 Å². The maximum absolute atomic E-state index is 12.1. The van der Waals surface area contributed by atoms with E-state index in [-0.39, 0.29) is 19.1 Å². The minimum Gasteiger partial charge on any atom is -0.356 e. The van der Waals surface area contributed by atoms with Gasteiger partial charge in [-0.05, 0) is 12.1 Å². The number of amides is 2. The Bertz CT molecular complexity index is 1040. The number of nitrogens with zero attached hydrogens (tertiary/aromatic N) is 4. The molecule has 2 aromatic carbocycles. The molecule has 2 aromatic heterocycles. The lowest BCUT2D eigenvalue weighted by molar-refractivity contribution is 0.239. The summed E-state index contributed by atoms with van der Waals surface area (Å²) in [6, 6.07) is 20.8. The smallest absolute Gasteiger partial charge is 0.315 e. The van der Waals surface area contributed by atoms with Gasteiger partial charge in [-0.1, -0.05) is 53.7 Å². The van der Waals surface area contributed by atoms with E-state index in [1.165, 1.54) is 6.33 Å². The van der Waals surface area contributed by atoms with Crippen molar-refractivity contribution in [1.29, 1.82) is 0 Å². The number of nitrogens with one attached hydrogen (secondary N) is 2. The van der Waals surface area contributed by atoms with Gasteiger partial charge in [0, 0.05) is 11.6 Å². The minimum absolute atomic E-state index is 0.245. The van der Waals surface area contributed by atoms with E-state index in [0.29, 0.717) is 17.3 Å². The molecule has 0 fully saturated rings. The van der Waals surface area contributed by atoms with Gasteiger partial charge < -0.3 is 15.2 Å². The predicted molar refractivity (Wildman–Crippen MR) is 102 cm³/mol. The van der Waals surface area contributed by atoms with Gasteiger partial charge in [-0.15, -0.1) is 0 Å². The first kappa shape index (κ1) is 17.5. The van der Waals surface area contributed by atoms with Gasteiger partial charge in [-0.25, -0.2) is 14.5 Å². The molecule has 0 unspecified atom stereocenters. The highest BCUT2D eigenvalue weighted by Gasteiger charge is 2.10. The fourth-order valence-electron chi connectivity index (χ4n) is 2.70. The van der Waals surface area contributed by atoms with Crippen LogP contribution in [0.5, 0.6) is 0 Å². The minimum atomic E-state index is -0.327. The molecule has 0 aliphatic rings. The van der Waals surface area contributed by atoms with Crippen molar-refractivity contribution in [2.75, 3.05) is 0 Å². The Morgan fingerprint density at radius 2 is 1.68 bits per heavy atom. The van der Waals surface area contributed by atoms with E-state index >= 15 is 0 Å². The van der Waals surface area contributed by atoms with Crippen LogP contribution in [0.3, 0.4) is 0 Å². The molecule has 2 amide bonds. The maximum Gasteiger partial charge on any atom is 0.315 e. The molecule has 28 heavy (non-hydrogen) atoms. The van der Waals surface area contributed by atoms with Crippen LogP contribution in [0, 0.1) is 0 Å². The highest BCUT2D eigenvalue weighted by atomic mass is 16.5. The van der Waals surface area contributed by atoms with Crippen LogP contribution >= 0.6 is 0 Å². The average molecular weight is 374 g/mol. The van der Waals surface area contributed by atoms with E-state index in [4.69, 9.17) is 4.52 Å². The van der Waals surface area contributed by atoms with E-state index in [9.17, 15) is 4.79 Å². The molecule has 8 heteroatoms. The summed E-state index contributed by atoms with van der Waals surface area (Å²) in [7, 11) is 0. The first-order valence-electron chi connectivity index (χ1n) is 8.76. The number of carbonyl (C=O) groups is 1. The van der Waals surface area contributed by atoms with Crippen molar-refractivity contribution < 1.29 is 9.32 Å². The number of benzene rings is 2. The second-order valence-corrected chi connectivity index (χ2v) is 6.01. The summed E-state index contributed by atoms with van der Waals surface area (Å²) in [5, 5.41) is 13.7. The second kappa shape index (κ2) is 8.17. The van der Waals surface area contributed by atoms with E-state index in [1.807, 2.05) is 66.7 Å². The third-order valence-electron chi connectivity index (χ3n) is 4.07. The van der Waals surface area contributed by atoms with Crippen molar-refractivity contribution in [2.45, 2.75) is 13.1 Å². The molecule has 0 saturated heterocycles. The molecule has 140 valence electrons. The fourth-order valence-corrected chi connectivity index (χ4v) is 2.70. The zero-order chi connectivity index (χ0) is 19.2. The third kappa shape index (κ3) is 4.07. The molecule has 0 aliphatic carbocycles. The van der Waals surface area contributed by atoms with Crippen LogP contribution in [-0.4, -0.2) is 26.0 Å². The third-order valence-corrected chi connectivity index (χ3v) is 4.07. The van der Waals surface area contributed by atoms with Crippen molar-refractivity contribution in [3.8, 4) is 17.0 Å². The largest absolute Gasteiger partial charge is 0.356 e. The van der Waals surface area contributed by atoms with Gasteiger partial charge in [-0.3, -0.25) is 0 Å². The Balaban J connectivity index is 1.30. The van der Waals surface area contributed by atoms with Crippen molar-refractivity contribution >= 4 is 6.03 Å².